The van der Waals surface area contributed by atoms with Gasteiger partial charge in [0.2, 0.25) is 0 Å². The van der Waals surface area contributed by atoms with Gasteiger partial charge >= 0.3 is 6.03 Å². The second kappa shape index (κ2) is 9.20. The van der Waals surface area contributed by atoms with Crippen LogP contribution in [0.2, 0.25) is 10.0 Å². The van der Waals surface area contributed by atoms with Gasteiger partial charge in [0.15, 0.2) is 0 Å². The van der Waals surface area contributed by atoms with Crippen LogP contribution in [0.1, 0.15) is 22.6 Å². The maximum Gasteiger partial charge on any atom is 0.315 e. The number of urea groups is 1. The van der Waals surface area contributed by atoms with E-state index in [-0.39, 0.29) is 11.9 Å². The average molecular weight is 439 g/mol. The molecule has 0 saturated heterocycles. The zero-order chi connectivity index (χ0) is 20.9. The van der Waals surface area contributed by atoms with Crippen LogP contribution in [-0.4, -0.2) is 22.5 Å². The third-order valence-corrected chi connectivity index (χ3v) is 5.54. The molecule has 0 aliphatic carbocycles. The van der Waals surface area contributed by atoms with E-state index in [0.717, 1.165) is 27.6 Å². The molecule has 4 aromatic rings. The van der Waals surface area contributed by atoms with Crippen LogP contribution in [0.3, 0.4) is 0 Å². The second-order valence-electron chi connectivity index (χ2n) is 6.93. The number of nitrogens with one attached hydrogen (secondary N) is 3. The zero-order valence-electron chi connectivity index (χ0n) is 16.0. The van der Waals surface area contributed by atoms with Gasteiger partial charge in [-0.15, -0.1) is 0 Å². The number of benzene rings is 2. The number of H-pyrrole nitrogens is 1. The van der Waals surface area contributed by atoms with Crippen molar-refractivity contribution in [3.8, 4) is 0 Å². The molecule has 152 valence electrons. The van der Waals surface area contributed by atoms with Crippen LogP contribution >= 0.6 is 23.2 Å². The Morgan fingerprint density at radius 1 is 1.03 bits per heavy atom. The molecule has 0 aliphatic rings. The van der Waals surface area contributed by atoms with Crippen LogP contribution in [0.15, 0.2) is 73.2 Å². The molecular formula is C23H20Cl2N4O. The first-order chi connectivity index (χ1) is 14.6. The lowest BCUT2D eigenvalue weighted by molar-refractivity contribution is 0.240. The molecule has 0 bridgehead atoms. The van der Waals surface area contributed by atoms with Crippen LogP contribution in [0.5, 0.6) is 0 Å². The van der Waals surface area contributed by atoms with Gasteiger partial charge in [-0.2, -0.15) is 0 Å². The summed E-state index contributed by atoms with van der Waals surface area (Å²) < 4.78 is 0. The fourth-order valence-electron chi connectivity index (χ4n) is 3.50. The van der Waals surface area contributed by atoms with Crippen LogP contribution in [0, 0.1) is 0 Å². The van der Waals surface area contributed by atoms with Gasteiger partial charge in [-0.05, 0) is 41.0 Å². The number of carbonyl (C=O) groups excluding carboxylic acids is 1. The molecule has 5 nitrogen and oxygen atoms in total. The van der Waals surface area contributed by atoms with E-state index >= 15 is 0 Å². The van der Waals surface area contributed by atoms with Crippen LogP contribution in [0.25, 0.3) is 10.9 Å². The highest BCUT2D eigenvalue weighted by Gasteiger charge is 2.21. The number of aromatic nitrogens is 2. The lowest BCUT2D eigenvalue weighted by Crippen LogP contribution is -2.37. The minimum absolute atomic E-state index is 0.143. The lowest BCUT2D eigenvalue weighted by Gasteiger charge is -2.20. The summed E-state index contributed by atoms with van der Waals surface area (Å²) in [5.41, 5.74) is 3.92. The van der Waals surface area contributed by atoms with Crippen molar-refractivity contribution in [3.05, 3.63) is 99.9 Å². The van der Waals surface area contributed by atoms with Gasteiger partial charge in [0.25, 0.3) is 0 Å². The molecule has 0 fully saturated rings. The number of aromatic amines is 1. The third-order valence-electron chi connectivity index (χ3n) is 4.98. The maximum absolute atomic E-state index is 12.4. The first-order valence-corrected chi connectivity index (χ1v) is 10.3. The number of carbonyl (C=O) groups is 1. The highest BCUT2D eigenvalue weighted by atomic mass is 35.5. The first kappa shape index (κ1) is 20.3. The average Bonchev–Trinajstić information content (AvgIpc) is 3.18. The maximum atomic E-state index is 12.4. The summed E-state index contributed by atoms with van der Waals surface area (Å²) in [6.07, 6.45) is 5.39. The van der Waals surface area contributed by atoms with Crippen molar-refractivity contribution >= 4 is 40.1 Å². The molecular weight excluding hydrogens is 419 g/mol. The molecule has 0 aliphatic heterocycles. The number of hydrogen-bond acceptors (Lipinski definition) is 2. The number of nitrogens with zero attached hydrogens (tertiary/aromatic N) is 1. The van der Waals surface area contributed by atoms with Crippen molar-refractivity contribution in [2.75, 3.05) is 6.54 Å². The predicted octanol–water partition coefficient (Wildman–Crippen LogP) is 5.50. The van der Waals surface area contributed by atoms with E-state index in [1.807, 2.05) is 48.7 Å². The Morgan fingerprint density at radius 2 is 1.90 bits per heavy atom. The Hall–Kier alpha value is -3.02. The smallest absolute Gasteiger partial charge is 0.315 e. The van der Waals surface area contributed by atoms with E-state index in [2.05, 4.69) is 26.7 Å². The Morgan fingerprint density at radius 3 is 2.70 bits per heavy atom. The Balaban J connectivity index is 1.55. The van der Waals surface area contributed by atoms with Crippen molar-refractivity contribution in [3.63, 3.8) is 0 Å². The van der Waals surface area contributed by atoms with Crippen molar-refractivity contribution in [2.45, 2.75) is 12.5 Å². The third kappa shape index (κ3) is 4.58. The molecule has 4 rings (SSSR count). The van der Waals surface area contributed by atoms with Crippen molar-refractivity contribution in [2.24, 2.45) is 0 Å². The highest BCUT2D eigenvalue weighted by Crippen LogP contribution is 2.35. The number of halogens is 2. The van der Waals surface area contributed by atoms with Crippen LogP contribution in [-0.2, 0) is 6.54 Å². The molecule has 1 atom stereocenters. The summed E-state index contributed by atoms with van der Waals surface area (Å²) in [4.78, 5) is 19.8. The molecule has 2 aromatic heterocycles. The zero-order valence-corrected chi connectivity index (χ0v) is 17.5. The number of rotatable bonds is 6. The van der Waals surface area contributed by atoms with Crippen molar-refractivity contribution in [1.82, 2.24) is 20.6 Å². The highest BCUT2D eigenvalue weighted by molar-refractivity contribution is 6.35. The van der Waals surface area contributed by atoms with Gasteiger partial charge in [0.05, 0.1) is 0 Å². The van der Waals surface area contributed by atoms with Gasteiger partial charge in [0, 0.05) is 58.5 Å². The summed E-state index contributed by atoms with van der Waals surface area (Å²) in [6.45, 7) is 0.779. The number of fused-ring (bicyclic) bond motifs is 1. The standard InChI is InChI=1S/C23H20Cl2N4O/c24-16-7-8-17(21(25)10-16)19(20-13-27-22-6-2-1-5-18(20)22)14-29-23(30)28-12-15-4-3-9-26-11-15/h1-11,13,19,27H,12,14H2,(H2,28,29,30). The second-order valence-corrected chi connectivity index (χ2v) is 7.78. The van der Waals surface area contributed by atoms with Crippen molar-refractivity contribution < 1.29 is 4.79 Å². The molecule has 2 heterocycles. The van der Waals surface area contributed by atoms with Crippen LogP contribution < -0.4 is 10.6 Å². The van der Waals surface area contributed by atoms with Gasteiger partial charge in [-0.25, -0.2) is 4.79 Å². The lowest BCUT2D eigenvalue weighted by atomic mass is 9.91. The fraction of sp³-hybridized carbons (Fsp3) is 0.130. The molecule has 0 spiro atoms. The number of pyridine rings is 1. The van der Waals surface area contributed by atoms with Gasteiger partial charge in [-0.1, -0.05) is 53.5 Å². The minimum atomic E-state index is -0.256. The summed E-state index contributed by atoms with van der Waals surface area (Å²) in [7, 11) is 0. The van der Waals surface area contributed by atoms with E-state index < -0.39 is 0 Å². The fourth-order valence-corrected chi connectivity index (χ4v) is 4.04. The monoisotopic (exact) mass is 438 g/mol. The number of amides is 2. The summed E-state index contributed by atoms with van der Waals surface area (Å²) in [5, 5.41) is 8.06. The topological polar surface area (TPSA) is 69.8 Å². The molecule has 2 amide bonds. The molecule has 1 unspecified atom stereocenters. The molecule has 2 aromatic carbocycles. The molecule has 0 radical (unpaired) electrons. The summed E-state index contributed by atoms with van der Waals surface area (Å²) in [6, 6.07) is 17.0. The van der Waals surface area contributed by atoms with Crippen LogP contribution in [0.4, 0.5) is 4.79 Å². The van der Waals surface area contributed by atoms with E-state index in [0.29, 0.717) is 23.1 Å². The summed E-state index contributed by atoms with van der Waals surface area (Å²) >= 11 is 12.6. The summed E-state index contributed by atoms with van der Waals surface area (Å²) in [5.74, 6) is -0.143. The first-order valence-electron chi connectivity index (χ1n) is 9.53. The van der Waals surface area contributed by atoms with Gasteiger partial charge in [0.1, 0.15) is 0 Å². The van der Waals surface area contributed by atoms with Gasteiger partial charge in [-0.3, -0.25) is 4.98 Å². The quantitative estimate of drug-likeness (QED) is 0.371. The molecule has 30 heavy (non-hydrogen) atoms. The van der Waals surface area contributed by atoms with E-state index in [4.69, 9.17) is 23.2 Å². The minimum Gasteiger partial charge on any atom is -0.361 e. The van der Waals surface area contributed by atoms with Crippen molar-refractivity contribution in [1.29, 1.82) is 0 Å². The largest absolute Gasteiger partial charge is 0.361 e. The number of hydrogen-bond donors (Lipinski definition) is 3. The Kier molecular flexibility index (Phi) is 6.21. The van der Waals surface area contributed by atoms with E-state index in [9.17, 15) is 4.79 Å². The SMILES string of the molecule is O=C(NCc1cccnc1)NCC(c1ccc(Cl)cc1Cl)c1c[nH]c2ccccc12. The molecule has 7 heteroatoms. The molecule has 3 N–H and O–H groups in total. The Labute approximate surface area is 184 Å². The van der Waals surface area contributed by atoms with Gasteiger partial charge < -0.3 is 15.6 Å². The molecule has 0 saturated carbocycles. The Bertz CT molecular complexity index is 1160. The number of para-hydroxylation sites is 1. The predicted molar refractivity (Wildman–Crippen MR) is 121 cm³/mol. The van der Waals surface area contributed by atoms with E-state index in [1.165, 1.54) is 0 Å². The van der Waals surface area contributed by atoms with E-state index in [1.54, 1.807) is 18.5 Å². The normalized spacial score (nSPS) is 11.9.